The monoisotopic (exact) mass is 198 g/mol. The second-order valence-corrected chi connectivity index (χ2v) is 2.22. The summed E-state index contributed by atoms with van der Waals surface area (Å²) in [6.45, 7) is 7.37. The fourth-order valence-electron chi connectivity index (χ4n) is 0.497. The van der Waals surface area contributed by atoms with Crippen molar-refractivity contribution in [1.29, 1.82) is 0 Å². The predicted molar refractivity (Wildman–Crippen MR) is 47.0 cm³/mol. The maximum absolute atomic E-state index is 10.8. The predicted octanol–water partition coefficient (Wildman–Crippen LogP) is 0.360. The molecule has 14 heavy (non-hydrogen) atoms. The Balaban J connectivity index is 4.37. The number of esters is 2. The lowest BCUT2D eigenvalue weighted by atomic mass is 10.4. The van der Waals surface area contributed by atoms with Crippen LogP contribution in [0.3, 0.4) is 0 Å². The van der Waals surface area contributed by atoms with Crippen molar-refractivity contribution in [2.45, 2.75) is 13.2 Å². The van der Waals surface area contributed by atoms with E-state index in [9.17, 15) is 14.4 Å². The average molecular weight is 198 g/mol. The number of Topliss-reactive ketones (excluding diaryl/α,β-unsaturated/α-hetero) is 1. The molecule has 0 atom stereocenters. The molecule has 5 heteroatoms. The maximum Gasteiger partial charge on any atom is 0.333 e. The minimum Gasteiger partial charge on any atom is -0.414 e. The van der Waals surface area contributed by atoms with E-state index in [0.29, 0.717) is 0 Å². The third-order valence-corrected chi connectivity index (χ3v) is 1.11. The average Bonchev–Trinajstić information content (AvgIpc) is 2.16. The van der Waals surface area contributed by atoms with Crippen LogP contribution in [0.15, 0.2) is 25.3 Å². The molecule has 0 aromatic heterocycles. The molecule has 0 rings (SSSR count). The lowest BCUT2D eigenvalue weighted by Gasteiger charge is -2.12. The fraction of sp³-hybridized carbons (Fsp3) is 0.222. The molecule has 76 valence electrons. The van der Waals surface area contributed by atoms with Crippen molar-refractivity contribution >= 4 is 17.7 Å². The van der Waals surface area contributed by atoms with Gasteiger partial charge in [0.15, 0.2) is 0 Å². The van der Waals surface area contributed by atoms with Crippen LogP contribution in [0.4, 0.5) is 0 Å². The number of carbonyl (C=O) groups excluding carboxylic acids is 3. The second-order valence-electron chi connectivity index (χ2n) is 2.22. The highest BCUT2D eigenvalue weighted by Gasteiger charge is 2.21. The number of ether oxygens (including phenoxy) is 2. The normalized spacial score (nSPS) is 9.00. The fourth-order valence-corrected chi connectivity index (χ4v) is 0.497. The van der Waals surface area contributed by atoms with Crippen LogP contribution in [0.2, 0.25) is 0 Å². The van der Waals surface area contributed by atoms with Crippen LogP contribution >= 0.6 is 0 Å². The van der Waals surface area contributed by atoms with Crippen molar-refractivity contribution < 1.29 is 23.9 Å². The van der Waals surface area contributed by atoms with Gasteiger partial charge in [0, 0.05) is 19.1 Å². The van der Waals surface area contributed by atoms with Crippen molar-refractivity contribution in [2.24, 2.45) is 0 Å². The summed E-state index contributed by atoms with van der Waals surface area (Å²) in [7, 11) is 0. The summed E-state index contributed by atoms with van der Waals surface area (Å²) in [5.74, 6) is -2.29. The number of hydrogen-bond acceptors (Lipinski definition) is 5. The summed E-state index contributed by atoms with van der Waals surface area (Å²) in [6.07, 6.45) is 0.182. The molecule has 0 aromatic rings. The number of carbonyl (C=O) groups is 3. The maximum atomic E-state index is 10.8. The lowest BCUT2D eigenvalue weighted by Crippen LogP contribution is -2.29. The van der Waals surface area contributed by atoms with Gasteiger partial charge in [0.05, 0.1) is 0 Å². The van der Waals surface area contributed by atoms with E-state index in [1.54, 1.807) is 0 Å². The molecule has 0 bridgehead atoms. The Morgan fingerprint density at radius 3 is 1.64 bits per heavy atom. The van der Waals surface area contributed by atoms with Gasteiger partial charge >= 0.3 is 18.2 Å². The molecule has 0 aliphatic carbocycles. The lowest BCUT2D eigenvalue weighted by molar-refractivity contribution is -0.185. The molecule has 5 nitrogen and oxygen atoms in total. The van der Waals surface area contributed by atoms with Crippen molar-refractivity contribution in [3.8, 4) is 0 Å². The van der Waals surface area contributed by atoms with E-state index < -0.39 is 24.0 Å². The van der Waals surface area contributed by atoms with E-state index in [2.05, 4.69) is 22.6 Å². The van der Waals surface area contributed by atoms with Gasteiger partial charge in [-0.2, -0.15) is 0 Å². The summed E-state index contributed by atoms with van der Waals surface area (Å²) in [5, 5.41) is 0. The third kappa shape index (κ3) is 4.20. The first-order chi connectivity index (χ1) is 6.51. The molecule has 0 saturated carbocycles. The van der Waals surface area contributed by atoms with Crippen LogP contribution in [-0.2, 0) is 23.9 Å². The highest BCUT2D eigenvalue weighted by Crippen LogP contribution is 1.99. The Kier molecular flexibility index (Phi) is 4.91. The number of ketones is 1. The Morgan fingerprint density at radius 2 is 1.43 bits per heavy atom. The van der Waals surface area contributed by atoms with E-state index in [1.165, 1.54) is 0 Å². The summed E-state index contributed by atoms with van der Waals surface area (Å²) in [5.41, 5.74) is 0. The first-order valence-electron chi connectivity index (χ1n) is 3.67. The minimum atomic E-state index is -1.54. The van der Waals surface area contributed by atoms with Gasteiger partial charge in [-0.25, -0.2) is 9.59 Å². The largest absolute Gasteiger partial charge is 0.414 e. The zero-order chi connectivity index (χ0) is 11.1. The van der Waals surface area contributed by atoms with Crippen LogP contribution in [0.5, 0.6) is 0 Å². The van der Waals surface area contributed by atoms with Crippen molar-refractivity contribution in [3.63, 3.8) is 0 Å². The van der Waals surface area contributed by atoms with Crippen molar-refractivity contribution in [3.05, 3.63) is 25.3 Å². The third-order valence-electron chi connectivity index (χ3n) is 1.11. The first kappa shape index (κ1) is 12.1. The Hall–Kier alpha value is -1.91. The number of rotatable bonds is 5. The van der Waals surface area contributed by atoms with E-state index >= 15 is 0 Å². The van der Waals surface area contributed by atoms with E-state index in [1.807, 2.05) is 0 Å². The highest BCUT2D eigenvalue weighted by atomic mass is 16.7. The summed E-state index contributed by atoms with van der Waals surface area (Å²) < 4.78 is 8.87. The highest BCUT2D eigenvalue weighted by molar-refractivity contribution is 5.89. The Labute approximate surface area is 81.0 Å². The standard InChI is InChI=1S/C9H10O5/c1-4-7(11)13-9(6(3)10)14-8(12)5-2/h4-5,9H,1-2H2,3H3. The van der Waals surface area contributed by atoms with Crippen molar-refractivity contribution in [2.75, 3.05) is 0 Å². The first-order valence-corrected chi connectivity index (χ1v) is 3.67. The summed E-state index contributed by atoms with van der Waals surface area (Å²) in [4.78, 5) is 32.2. The van der Waals surface area contributed by atoms with Gasteiger partial charge in [-0.15, -0.1) is 0 Å². The quantitative estimate of drug-likeness (QED) is 0.362. The summed E-state index contributed by atoms with van der Waals surface area (Å²) >= 11 is 0. The Bertz CT molecular complexity index is 257. The molecule has 0 unspecified atom stereocenters. The molecule has 0 N–H and O–H groups in total. The van der Waals surface area contributed by atoms with E-state index in [0.717, 1.165) is 19.1 Å². The zero-order valence-corrected chi connectivity index (χ0v) is 7.69. The van der Waals surface area contributed by atoms with E-state index in [-0.39, 0.29) is 0 Å². The molecule has 0 aliphatic heterocycles. The second kappa shape index (κ2) is 5.69. The van der Waals surface area contributed by atoms with Crippen LogP contribution in [0.1, 0.15) is 6.92 Å². The zero-order valence-electron chi connectivity index (χ0n) is 7.69. The van der Waals surface area contributed by atoms with Crippen molar-refractivity contribution in [1.82, 2.24) is 0 Å². The SMILES string of the molecule is C=CC(=O)OC(OC(=O)C=C)C(C)=O. The molecule has 0 aromatic carbocycles. The van der Waals surface area contributed by atoms with Gasteiger partial charge in [0.2, 0.25) is 5.78 Å². The number of hydrogen-bond donors (Lipinski definition) is 0. The molecule has 0 spiro atoms. The smallest absolute Gasteiger partial charge is 0.333 e. The van der Waals surface area contributed by atoms with Gasteiger partial charge in [0.25, 0.3) is 0 Å². The molecule has 0 amide bonds. The molecule has 0 aliphatic rings. The van der Waals surface area contributed by atoms with Gasteiger partial charge in [-0.3, -0.25) is 4.79 Å². The Morgan fingerprint density at radius 1 is 1.07 bits per heavy atom. The molecule has 0 heterocycles. The van der Waals surface area contributed by atoms with Crippen LogP contribution < -0.4 is 0 Å². The molecule has 0 saturated heterocycles. The van der Waals surface area contributed by atoms with Gasteiger partial charge in [0.1, 0.15) is 0 Å². The minimum absolute atomic E-state index is 0.601. The molecule has 0 fully saturated rings. The van der Waals surface area contributed by atoms with E-state index in [4.69, 9.17) is 0 Å². The van der Waals surface area contributed by atoms with Crippen LogP contribution in [-0.4, -0.2) is 24.0 Å². The van der Waals surface area contributed by atoms with Gasteiger partial charge in [-0.05, 0) is 0 Å². The molecular formula is C9H10O5. The van der Waals surface area contributed by atoms with Gasteiger partial charge in [-0.1, -0.05) is 13.2 Å². The van der Waals surface area contributed by atoms with Crippen LogP contribution in [0.25, 0.3) is 0 Å². The summed E-state index contributed by atoms with van der Waals surface area (Å²) in [6, 6.07) is 0. The molecule has 0 radical (unpaired) electrons. The topological polar surface area (TPSA) is 69.7 Å². The van der Waals surface area contributed by atoms with Gasteiger partial charge < -0.3 is 9.47 Å². The molecular weight excluding hydrogens is 188 g/mol. The van der Waals surface area contributed by atoms with Crippen LogP contribution in [0, 0.1) is 0 Å².